The normalized spacial score (nSPS) is 18.8. The predicted octanol–water partition coefficient (Wildman–Crippen LogP) is 3.62. The van der Waals surface area contributed by atoms with Gasteiger partial charge < -0.3 is 20.3 Å². The number of rotatable bonds is 7. The summed E-state index contributed by atoms with van der Waals surface area (Å²) in [6, 6.07) is 7.74. The number of carbonyl (C=O) groups is 1. The zero-order valence-electron chi connectivity index (χ0n) is 19.3. The molecular weight excluding hydrogens is 537 g/mol. The molecule has 0 bridgehead atoms. The van der Waals surface area contributed by atoms with Crippen molar-refractivity contribution in [1.82, 2.24) is 20.5 Å². The maximum Gasteiger partial charge on any atom is 0.254 e. The molecule has 176 valence electrons. The fourth-order valence-corrected chi connectivity index (χ4v) is 4.27. The second-order valence-electron chi connectivity index (χ2n) is 7.89. The molecule has 1 aromatic carbocycles. The van der Waals surface area contributed by atoms with Gasteiger partial charge in [-0.1, -0.05) is 12.1 Å². The molecule has 3 rings (SSSR count). The molecule has 2 unspecified atom stereocenters. The minimum Gasteiger partial charge on any atom is -0.372 e. The van der Waals surface area contributed by atoms with E-state index in [1.807, 2.05) is 49.9 Å². The number of aryl methyl sites for hydroxylation is 1. The molecule has 9 heteroatoms. The van der Waals surface area contributed by atoms with Gasteiger partial charge in [0.1, 0.15) is 0 Å². The van der Waals surface area contributed by atoms with E-state index in [2.05, 4.69) is 32.9 Å². The van der Waals surface area contributed by atoms with Gasteiger partial charge in [-0.05, 0) is 45.4 Å². The van der Waals surface area contributed by atoms with Crippen LogP contribution < -0.4 is 10.6 Å². The summed E-state index contributed by atoms with van der Waals surface area (Å²) in [5.41, 5.74) is 2.88. The summed E-state index contributed by atoms with van der Waals surface area (Å²) in [4.78, 5) is 23.8. The fraction of sp³-hybridized carbons (Fsp3) is 0.522. The SMILES string of the molecule is CCNC(=NCc1ccc(C(=O)N2CC(C)OC(C)C2)cc1)NCCc1csc(C)n1.I. The number of hydrogen-bond donors (Lipinski definition) is 2. The van der Waals surface area contributed by atoms with E-state index in [0.29, 0.717) is 25.2 Å². The summed E-state index contributed by atoms with van der Waals surface area (Å²) >= 11 is 1.68. The molecule has 1 aromatic heterocycles. The van der Waals surface area contributed by atoms with Crippen molar-refractivity contribution in [3.63, 3.8) is 0 Å². The number of nitrogens with one attached hydrogen (secondary N) is 2. The van der Waals surface area contributed by atoms with E-state index in [4.69, 9.17) is 4.74 Å². The second-order valence-corrected chi connectivity index (χ2v) is 8.96. The molecule has 2 heterocycles. The van der Waals surface area contributed by atoms with Crippen LogP contribution in [0.5, 0.6) is 0 Å². The van der Waals surface area contributed by atoms with Crippen LogP contribution in [0.4, 0.5) is 0 Å². The van der Waals surface area contributed by atoms with Crippen LogP contribution >= 0.6 is 35.3 Å². The Morgan fingerprint density at radius 3 is 2.50 bits per heavy atom. The van der Waals surface area contributed by atoms with E-state index in [-0.39, 0.29) is 42.1 Å². The van der Waals surface area contributed by atoms with Gasteiger partial charge in [0, 0.05) is 43.5 Å². The van der Waals surface area contributed by atoms with Gasteiger partial charge in [0.05, 0.1) is 29.5 Å². The first-order chi connectivity index (χ1) is 14.9. The Balaban J connectivity index is 0.00000363. The fourth-order valence-electron chi connectivity index (χ4n) is 3.62. The van der Waals surface area contributed by atoms with E-state index >= 15 is 0 Å². The van der Waals surface area contributed by atoms with Gasteiger partial charge in [0.25, 0.3) is 5.91 Å². The first kappa shape index (κ1) is 26.5. The van der Waals surface area contributed by atoms with E-state index in [0.717, 1.165) is 41.7 Å². The van der Waals surface area contributed by atoms with Gasteiger partial charge >= 0.3 is 0 Å². The molecular formula is C23H34IN5O2S. The van der Waals surface area contributed by atoms with Crippen molar-refractivity contribution in [2.75, 3.05) is 26.2 Å². The quantitative estimate of drug-likeness (QED) is 0.302. The number of amides is 1. The second kappa shape index (κ2) is 13.1. The van der Waals surface area contributed by atoms with Crippen molar-refractivity contribution in [2.24, 2.45) is 4.99 Å². The molecule has 1 amide bonds. The molecule has 7 nitrogen and oxygen atoms in total. The number of morpholine rings is 1. The van der Waals surface area contributed by atoms with Crippen LogP contribution in [-0.2, 0) is 17.7 Å². The van der Waals surface area contributed by atoms with Crippen molar-refractivity contribution in [2.45, 2.75) is 52.9 Å². The Kier molecular flexibility index (Phi) is 10.9. The molecule has 1 fully saturated rings. The number of aliphatic imine (C=N–C) groups is 1. The Morgan fingerprint density at radius 1 is 1.22 bits per heavy atom. The molecule has 0 radical (unpaired) electrons. The zero-order chi connectivity index (χ0) is 22.2. The molecule has 2 aromatic rings. The minimum absolute atomic E-state index is 0. The third-order valence-electron chi connectivity index (χ3n) is 5.01. The summed E-state index contributed by atoms with van der Waals surface area (Å²) in [6.07, 6.45) is 1.00. The van der Waals surface area contributed by atoms with Crippen molar-refractivity contribution in [3.05, 3.63) is 51.5 Å². The third-order valence-corrected chi connectivity index (χ3v) is 5.83. The molecule has 1 aliphatic heterocycles. The first-order valence-corrected chi connectivity index (χ1v) is 11.8. The van der Waals surface area contributed by atoms with Crippen LogP contribution in [0.15, 0.2) is 34.6 Å². The van der Waals surface area contributed by atoms with Gasteiger partial charge in [-0.2, -0.15) is 0 Å². The third kappa shape index (κ3) is 8.00. The molecule has 0 spiro atoms. The molecule has 2 atom stereocenters. The van der Waals surface area contributed by atoms with Crippen molar-refractivity contribution >= 4 is 47.2 Å². The topological polar surface area (TPSA) is 78.9 Å². The van der Waals surface area contributed by atoms with Crippen molar-refractivity contribution < 1.29 is 9.53 Å². The average Bonchev–Trinajstić information content (AvgIpc) is 3.16. The number of nitrogens with zero attached hydrogens (tertiary/aromatic N) is 3. The van der Waals surface area contributed by atoms with Gasteiger partial charge in [0.15, 0.2) is 5.96 Å². The summed E-state index contributed by atoms with van der Waals surface area (Å²) in [6.45, 7) is 11.5. The summed E-state index contributed by atoms with van der Waals surface area (Å²) < 4.78 is 5.73. The van der Waals surface area contributed by atoms with Gasteiger partial charge in [-0.25, -0.2) is 9.98 Å². The highest BCUT2D eigenvalue weighted by Gasteiger charge is 2.26. The predicted molar refractivity (Wildman–Crippen MR) is 141 cm³/mol. The van der Waals surface area contributed by atoms with Crippen LogP contribution in [0, 0.1) is 6.92 Å². The average molecular weight is 572 g/mol. The largest absolute Gasteiger partial charge is 0.372 e. The van der Waals surface area contributed by atoms with Crippen LogP contribution in [0.2, 0.25) is 0 Å². The monoisotopic (exact) mass is 571 g/mol. The van der Waals surface area contributed by atoms with E-state index in [9.17, 15) is 4.79 Å². The number of hydrogen-bond acceptors (Lipinski definition) is 5. The minimum atomic E-state index is 0. The zero-order valence-corrected chi connectivity index (χ0v) is 22.4. The van der Waals surface area contributed by atoms with Crippen molar-refractivity contribution in [1.29, 1.82) is 0 Å². The number of thiazole rings is 1. The van der Waals surface area contributed by atoms with Crippen LogP contribution in [-0.4, -0.2) is 60.1 Å². The number of ether oxygens (including phenoxy) is 1. The van der Waals surface area contributed by atoms with Gasteiger partial charge in [-0.3, -0.25) is 4.79 Å². The number of benzene rings is 1. The Labute approximate surface area is 212 Å². The molecule has 1 aliphatic rings. The van der Waals surface area contributed by atoms with Crippen LogP contribution in [0.25, 0.3) is 0 Å². The summed E-state index contributed by atoms with van der Waals surface area (Å²) in [7, 11) is 0. The highest BCUT2D eigenvalue weighted by molar-refractivity contribution is 14.0. The number of halogens is 1. The molecule has 32 heavy (non-hydrogen) atoms. The smallest absolute Gasteiger partial charge is 0.254 e. The Morgan fingerprint density at radius 2 is 1.91 bits per heavy atom. The molecule has 0 aliphatic carbocycles. The van der Waals surface area contributed by atoms with E-state index < -0.39 is 0 Å². The Hall–Kier alpha value is -1.72. The number of aromatic nitrogens is 1. The lowest BCUT2D eigenvalue weighted by Crippen LogP contribution is -2.48. The maximum atomic E-state index is 12.8. The lowest BCUT2D eigenvalue weighted by atomic mass is 10.1. The molecule has 1 saturated heterocycles. The summed E-state index contributed by atoms with van der Waals surface area (Å²) in [5, 5.41) is 9.83. The first-order valence-electron chi connectivity index (χ1n) is 10.9. The van der Waals surface area contributed by atoms with Crippen LogP contribution in [0.1, 0.15) is 47.4 Å². The van der Waals surface area contributed by atoms with Crippen molar-refractivity contribution in [3.8, 4) is 0 Å². The van der Waals surface area contributed by atoms with Crippen LogP contribution in [0.3, 0.4) is 0 Å². The standard InChI is InChI=1S/C23H33N5O2S.HI/c1-5-24-23(25-11-10-21-15-31-18(4)27-21)26-12-19-6-8-20(9-7-19)22(29)28-13-16(2)30-17(3)14-28;/h6-9,15-17H,5,10-14H2,1-4H3,(H2,24,25,26);1H. The van der Waals surface area contributed by atoms with E-state index in [1.165, 1.54) is 0 Å². The maximum absolute atomic E-state index is 12.8. The molecule has 2 N–H and O–H groups in total. The summed E-state index contributed by atoms with van der Waals surface area (Å²) in [5.74, 6) is 0.843. The van der Waals surface area contributed by atoms with E-state index in [1.54, 1.807) is 11.3 Å². The number of carbonyl (C=O) groups excluding carboxylic acids is 1. The Bertz CT molecular complexity index is 877. The lowest BCUT2D eigenvalue weighted by Gasteiger charge is -2.35. The molecule has 0 saturated carbocycles. The van der Waals surface area contributed by atoms with Gasteiger partial charge in [0.2, 0.25) is 0 Å². The number of guanidine groups is 1. The lowest BCUT2D eigenvalue weighted by molar-refractivity contribution is -0.0586. The highest BCUT2D eigenvalue weighted by atomic mass is 127. The van der Waals surface area contributed by atoms with Gasteiger partial charge in [-0.15, -0.1) is 35.3 Å². The highest BCUT2D eigenvalue weighted by Crippen LogP contribution is 2.15.